The Labute approximate surface area is 118 Å². The molecule has 1 saturated carbocycles. The van der Waals surface area contributed by atoms with Crippen molar-refractivity contribution in [2.45, 2.75) is 43.6 Å². The molecule has 4 heteroatoms. The van der Waals surface area contributed by atoms with E-state index in [-0.39, 0.29) is 11.5 Å². The summed E-state index contributed by atoms with van der Waals surface area (Å²) in [6.07, 6.45) is 5.48. The van der Waals surface area contributed by atoms with Crippen molar-refractivity contribution in [3.05, 3.63) is 47.6 Å². The molecule has 0 spiro atoms. The van der Waals surface area contributed by atoms with Gasteiger partial charge in [0.2, 0.25) is 5.89 Å². The molecule has 1 atom stereocenters. The van der Waals surface area contributed by atoms with Gasteiger partial charge < -0.3 is 9.26 Å². The molecule has 0 radical (unpaired) electrons. The number of hydrogen-bond acceptors (Lipinski definition) is 4. The van der Waals surface area contributed by atoms with Crippen molar-refractivity contribution in [1.82, 2.24) is 10.1 Å². The Morgan fingerprint density at radius 3 is 2.75 bits per heavy atom. The van der Waals surface area contributed by atoms with E-state index in [1.807, 2.05) is 6.07 Å². The zero-order valence-electron chi connectivity index (χ0n) is 11.4. The number of rotatable bonds is 4. The van der Waals surface area contributed by atoms with Gasteiger partial charge in [-0.2, -0.15) is 4.98 Å². The standard InChI is InChI=1S/C16H18N2O2/c1-2-5-12(6-3-1)16(8-9-16)15-17-14(18-20-15)11-13-7-4-10-19-13/h1-3,5-6,13H,4,7-11H2/t13-/m0/s1. The third-order valence-corrected chi connectivity index (χ3v) is 4.39. The SMILES string of the molecule is c1ccc(C2(c3nc(C[C@@H]4CCCO4)no3)CC2)cc1. The van der Waals surface area contributed by atoms with Gasteiger partial charge in [0, 0.05) is 13.0 Å². The molecule has 1 aromatic heterocycles. The van der Waals surface area contributed by atoms with E-state index in [1.165, 1.54) is 5.56 Å². The summed E-state index contributed by atoms with van der Waals surface area (Å²) in [5.41, 5.74) is 1.26. The first-order chi connectivity index (χ1) is 9.87. The third-order valence-electron chi connectivity index (χ3n) is 4.39. The predicted octanol–water partition coefficient (Wildman–Crippen LogP) is 2.87. The molecular weight excluding hydrogens is 252 g/mol. The highest BCUT2D eigenvalue weighted by Gasteiger charge is 2.50. The van der Waals surface area contributed by atoms with Crippen LogP contribution in [0.2, 0.25) is 0 Å². The van der Waals surface area contributed by atoms with Crippen molar-refractivity contribution in [2.75, 3.05) is 6.61 Å². The molecule has 2 aliphatic rings. The molecule has 2 fully saturated rings. The molecule has 20 heavy (non-hydrogen) atoms. The van der Waals surface area contributed by atoms with Crippen molar-refractivity contribution in [3.63, 3.8) is 0 Å². The molecular formula is C16H18N2O2. The summed E-state index contributed by atoms with van der Waals surface area (Å²) >= 11 is 0. The Kier molecular flexibility index (Phi) is 2.84. The van der Waals surface area contributed by atoms with Gasteiger partial charge in [-0.25, -0.2) is 0 Å². The first kappa shape index (κ1) is 12.1. The summed E-state index contributed by atoms with van der Waals surface area (Å²) in [4.78, 5) is 4.63. The van der Waals surface area contributed by atoms with Crippen LogP contribution in [0.3, 0.4) is 0 Å². The Bertz CT molecular complexity index is 584. The summed E-state index contributed by atoms with van der Waals surface area (Å²) in [7, 11) is 0. The molecule has 4 rings (SSSR count). The summed E-state index contributed by atoms with van der Waals surface area (Å²) in [5, 5.41) is 4.15. The summed E-state index contributed by atoms with van der Waals surface area (Å²) < 4.78 is 11.2. The lowest BCUT2D eigenvalue weighted by molar-refractivity contribution is 0.109. The van der Waals surface area contributed by atoms with E-state index >= 15 is 0 Å². The maximum absolute atomic E-state index is 5.63. The molecule has 2 heterocycles. The minimum Gasteiger partial charge on any atom is -0.378 e. The minimum absolute atomic E-state index is 0.0248. The monoisotopic (exact) mass is 270 g/mol. The van der Waals surface area contributed by atoms with Crippen molar-refractivity contribution < 1.29 is 9.26 Å². The number of ether oxygens (including phenoxy) is 1. The Hall–Kier alpha value is -1.68. The second-order valence-electron chi connectivity index (χ2n) is 5.80. The van der Waals surface area contributed by atoms with Crippen molar-refractivity contribution in [1.29, 1.82) is 0 Å². The van der Waals surface area contributed by atoms with Crippen LogP contribution in [0.25, 0.3) is 0 Å². The predicted molar refractivity (Wildman–Crippen MR) is 73.4 cm³/mol. The zero-order valence-corrected chi connectivity index (χ0v) is 11.4. The molecule has 0 unspecified atom stereocenters. The second-order valence-corrected chi connectivity index (χ2v) is 5.80. The third kappa shape index (κ3) is 2.04. The van der Waals surface area contributed by atoms with Gasteiger partial charge in [0.1, 0.15) is 0 Å². The average molecular weight is 270 g/mol. The van der Waals surface area contributed by atoms with Crippen LogP contribution >= 0.6 is 0 Å². The molecule has 0 amide bonds. The van der Waals surface area contributed by atoms with Crippen LogP contribution in [-0.2, 0) is 16.6 Å². The fourth-order valence-corrected chi connectivity index (χ4v) is 3.05. The quantitative estimate of drug-likeness (QED) is 0.857. The van der Waals surface area contributed by atoms with Gasteiger partial charge in [0.25, 0.3) is 0 Å². The Morgan fingerprint density at radius 2 is 2.05 bits per heavy atom. The molecule has 2 aromatic rings. The Balaban J connectivity index is 1.56. The van der Waals surface area contributed by atoms with Gasteiger partial charge in [0.05, 0.1) is 11.5 Å². The molecule has 1 saturated heterocycles. The fourth-order valence-electron chi connectivity index (χ4n) is 3.05. The Morgan fingerprint density at radius 1 is 1.20 bits per heavy atom. The number of benzene rings is 1. The van der Waals surface area contributed by atoms with E-state index in [9.17, 15) is 0 Å². The average Bonchev–Trinajstić information content (AvgIpc) is 2.91. The molecule has 1 aliphatic carbocycles. The summed E-state index contributed by atoms with van der Waals surface area (Å²) in [5.74, 6) is 1.56. The maximum Gasteiger partial charge on any atom is 0.237 e. The smallest absolute Gasteiger partial charge is 0.237 e. The minimum atomic E-state index is -0.0248. The number of hydrogen-bond donors (Lipinski definition) is 0. The van der Waals surface area contributed by atoms with E-state index < -0.39 is 0 Å². The molecule has 104 valence electrons. The van der Waals surface area contributed by atoms with Crippen LogP contribution in [0.5, 0.6) is 0 Å². The molecule has 0 N–H and O–H groups in total. The first-order valence-corrected chi connectivity index (χ1v) is 7.37. The van der Waals surface area contributed by atoms with Gasteiger partial charge in [-0.05, 0) is 31.2 Å². The van der Waals surface area contributed by atoms with Crippen LogP contribution in [-0.4, -0.2) is 22.9 Å². The lowest BCUT2D eigenvalue weighted by atomic mass is 9.96. The van der Waals surface area contributed by atoms with E-state index in [0.717, 1.165) is 50.4 Å². The van der Waals surface area contributed by atoms with E-state index in [1.54, 1.807) is 0 Å². The zero-order chi connectivity index (χ0) is 13.4. The van der Waals surface area contributed by atoms with Crippen LogP contribution < -0.4 is 0 Å². The topological polar surface area (TPSA) is 48.2 Å². The number of aromatic nitrogens is 2. The highest BCUT2D eigenvalue weighted by Crippen LogP contribution is 2.52. The van der Waals surface area contributed by atoms with Crippen molar-refractivity contribution in [3.8, 4) is 0 Å². The molecule has 1 aliphatic heterocycles. The second kappa shape index (κ2) is 4.70. The largest absolute Gasteiger partial charge is 0.378 e. The maximum atomic E-state index is 5.63. The van der Waals surface area contributed by atoms with E-state index in [0.29, 0.717) is 0 Å². The molecule has 4 nitrogen and oxygen atoms in total. The highest BCUT2D eigenvalue weighted by atomic mass is 16.5. The van der Waals surface area contributed by atoms with Gasteiger partial charge >= 0.3 is 0 Å². The fraction of sp³-hybridized carbons (Fsp3) is 0.500. The normalized spacial score (nSPS) is 23.9. The highest BCUT2D eigenvalue weighted by molar-refractivity contribution is 5.37. The van der Waals surface area contributed by atoms with Gasteiger partial charge in [-0.1, -0.05) is 35.5 Å². The molecule has 1 aromatic carbocycles. The van der Waals surface area contributed by atoms with Crippen molar-refractivity contribution in [2.24, 2.45) is 0 Å². The van der Waals surface area contributed by atoms with Gasteiger partial charge in [-0.3, -0.25) is 0 Å². The van der Waals surface area contributed by atoms with Crippen molar-refractivity contribution >= 4 is 0 Å². The van der Waals surface area contributed by atoms with Crippen LogP contribution in [0, 0.1) is 0 Å². The van der Waals surface area contributed by atoms with Gasteiger partial charge in [-0.15, -0.1) is 0 Å². The van der Waals surface area contributed by atoms with Crippen LogP contribution in [0.1, 0.15) is 43.0 Å². The number of nitrogens with zero attached hydrogens (tertiary/aromatic N) is 2. The lowest BCUT2D eigenvalue weighted by Gasteiger charge is -2.09. The summed E-state index contributed by atoms with van der Waals surface area (Å²) in [6, 6.07) is 10.5. The lowest BCUT2D eigenvalue weighted by Crippen LogP contribution is -2.11. The van der Waals surface area contributed by atoms with Crippen LogP contribution in [0.4, 0.5) is 0 Å². The first-order valence-electron chi connectivity index (χ1n) is 7.37. The molecule has 0 bridgehead atoms. The van der Waals surface area contributed by atoms with Crippen LogP contribution in [0.15, 0.2) is 34.9 Å². The summed E-state index contributed by atoms with van der Waals surface area (Å²) in [6.45, 7) is 0.864. The van der Waals surface area contributed by atoms with Gasteiger partial charge in [0.15, 0.2) is 5.82 Å². The van der Waals surface area contributed by atoms with E-state index in [4.69, 9.17) is 9.26 Å². The van der Waals surface area contributed by atoms with E-state index in [2.05, 4.69) is 34.4 Å².